The van der Waals surface area contributed by atoms with Gasteiger partial charge in [-0.25, -0.2) is 14.6 Å². The highest BCUT2D eigenvalue weighted by Gasteiger charge is 2.54. The Hall–Kier alpha value is -3.98. The second-order valence-electron chi connectivity index (χ2n) is 9.42. The molecule has 0 fully saturated rings. The number of benzene rings is 2. The topological polar surface area (TPSA) is 104 Å². The second-order valence-corrected chi connectivity index (χ2v) is 10.5. The fraction of sp³-hybridized carbons (Fsp3) is 0.333. The number of aromatic nitrogens is 1. The van der Waals surface area contributed by atoms with Crippen molar-refractivity contribution in [3.63, 3.8) is 0 Å². The highest BCUT2D eigenvalue weighted by Crippen LogP contribution is 2.49. The summed E-state index contributed by atoms with van der Waals surface area (Å²) < 4.78 is 15.8. The fourth-order valence-electron chi connectivity index (χ4n) is 5.20. The SMILES string of the molecule is CCOC(=O)c1nc(C2(C)NC(C)=C(C(=O)OC)C(c3ccccc3)C2C(=O)OC)sc1Cc1ccccc1. The van der Waals surface area contributed by atoms with Crippen molar-refractivity contribution in [3.05, 3.63) is 98.6 Å². The van der Waals surface area contributed by atoms with Crippen molar-refractivity contribution < 1.29 is 28.6 Å². The van der Waals surface area contributed by atoms with Crippen LogP contribution in [-0.4, -0.2) is 43.7 Å². The van der Waals surface area contributed by atoms with Crippen molar-refractivity contribution in [1.82, 2.24) is 10.3 Å². The zero-order valence-electron chi connectivity index (χ0n) is 22.6. The van der Waals surface area contributed by atoms with Crippen LogP contribution in [0.5, 0.6) is 0 Å². The summed E-state index contributed by atoms with van der Waals surface area (Å²) in [6.07, 6.45) is 0.468. The number of allylic oxidation sites excluding steroid dienone is 1. The Morgan fingerprint density at radius 2 is 1.62 bits per heavy atom. The van der Waals surface area contributed by atoms with Crippen LogP contribution >= 0.6 is 11.3 Å². The second kappa shape index (κ2) is 11.8. The molecule has 1 N–H and O–H groups in total. The Bertz CT molecular complexity index is 1380. The van der Waals surface area contributed by atoms with Crippen molar-refractivity contribution in [1.29, 1.82) is 0 Å². The number of rotatable bonds is 8. The van der Waals surface area contributed by atoms with Crippen LogP contribution in [0.3, 0.4) is 0 Å². The number of thiazole rings is 1. The lowest BCUT2D eigenvalue weighted by atomic mass is 9.67. The summed E-state index contributed by atoms with van der Waals surface area (Å²) >= 11 is 1.34. The molecule has 3 atom stereocenters. The number of methoxy groups -OCH3 is 2. The third-order valence-corrected chi connectivity index (χ3v) is 8.25. The number of carbonyl (C=O) groups is 3. The molecule has 3 unspecified atom stereocenters. The van der Waals surface area contributed by atoms with Crippen LogP contribution in [0.25, 0.3) is 0 Å². The molecular formula is C30H32N2O6S. The molecule has 0 saturated carbocycles. The number of nitrogens with one attached hydrogen (secondary N) is 1. The summed E-state index contributed by atoms with van der Waals surface area (Å²) in [6.45, 7) is 5.57. The van der Waals surface area contributed by atoms with E-state index < -0.39 is 35.3 Å². The Kier molecular flexibility index (Phi) is 8.50. The molecule has 0 amide bonds. The molecule has 0 radical (unpaired) electrons. The Morgan fingerprint density at radius 3 is 2.21 bits per heavy atom. The molecular weight excluding hydrogens is 516 g/mol. The van der Waals surface area contributed by atoms with Crippen molar-refractivity contribution >= 4 is 29.2 Å². The maximum absolute atomic E-state index is 13.6. The van der Waals surface area contributed by atoms with Crippen molar-refractivity contribution in [2.75, 3.05) is 20.8 Å². The van der Waals surface area contributed by atoms with Crippen LogP contribution in [0.1, 0.15) is 58.2 Å². The van der Waals surface area contributed by atoms with Crippen LogP contribution < -0.4 is 5.32 Å². The van der Waals surface area contributed by atoms with E-state index in [1.165, 1.54) is 25.6 Å². The van der Waals surface area contributed by atoms with E-state index >= 15 is 0 Å². The first kappa shape index (κ1) is 28.0. The van der Waals surface area contributed by atoms with E-state index in [0.29, 0.717) is 22.7 Å². The van der Waals surface area contributed by atoms with Gasteiger partial charge in [0, 0.05) is 22.9 Å². The lowest BCUT2D eigenvalue weighted by Gasteiger charge is -2.45. The minimum atomic E-state index is -1.13. The van der Waals surface area contributed by atoms with Gasteiger partial charge in [-0.15, -0.1) is 11.3 Å². The molecule has 8 nitrogen and oxygen atoms in total. The van der Waals surface area contributed by atoms with Gasteiger partial charge in [0.2, 0.25) is 0 Å². The fourth-order valence-corrected chi connectivity index (χ4v) is 6.42. The maximum atomic E-state index is 13.6. The van der Waals surface area contributed by atoms with E-state index in [1.807, 2.05) is 67.6 Å². The van der Waals surface area contributed by atoms with Crippen LogP contribution in [0.15, 0.2) is 71.9 Å². The quantitative estimate of drug-likeness (QED) is 0.318. The average molecular weight is 549 g/mol. The van der Waals surface area contributed by atoms with Gasteiger partial charge in [0.1, 0.15) is 10.5 Å². The number of nitrogens with zero attached hydrogens (tertiary/aromatic N) is 1. The zero-order chi connectivity index (χ0) is 28.2. The number of carbonyl (C=O) groups excluding carboxylic acids is 3. The third-order valence-electron chi connectivity index (χ3n) is 6.95. The van der Waals surface area contributed by atoms with Gasteiger partial charge in [-0.3, -0.25) is 4.79 Å². The Labute approximate surface area is 232 Å². The van der Waals surface area contributed by atoms with Gasteiger partial charge in [0.05, 0.1) is 32.3 Å². The molecule has 0 spiro atoms. The summed E-state index contributed by atoms with van der Waals surface area (Å²) in [5.74, 6) is -3.19. The summed E-state index contributed by atoms with van der Waals surface area (Å²) in [7, 11) is 2.63. The molecule has 1 aromatic heterocycles. The summed E-state index contributed by atoms with van der Waals surface area (Å²) in [5.41, 5.74) is 1.74. The lowest BCUT2D eigenvalue weighted by Crippen LogP contribution is -2.55. The predicted octanol–water partition coefficient (Wildman–Crippen LogP) is 4.75. The van der Waals surface area contributed by atoms with E-state index in [9.17, 15) is 14.4 Å². The molecule has 0 saturated heterocycles. The Balaban J connectivity index is 1.93. The summed E-state index contributed by atoms with van der Waals surface area (Å²) in [6, 6.07) is 19.1. The van der Waals surface area contributed by atoms with Crippen LogP contribution in [-0.2, 0) is 35.8 Å². The van der Waals surface area contributed by atoms with E-state index in [0.717, 1.165) is 16.0 Å². The molecule has 9 heteroatoms. The molecule has 3 aromatic rings. The van der Waals surface area contributed by atoms with Crippen LogP contribution in [0.4, 0.5) is 0 Å². The minimum absolute atomic E-state index is 0.206. The van der Waals surface area contributed by atoms with Gasteiger partial charge >= 0.3 is 17.9 Å². The lowest BCUT2D eigenvalue weighted by molar-refractivity contribution is -0.150. The third kappa shape index (κ3) is 5.45. The first-order valence-corrected chi connectivity index (χ1v) is 13.5. The normalized spacial score (nSPS) is 20.6. The van der Waals surface area contributed by atoms with Gasteiger partial charge in [-0.1, -0.05) is 60.7 Å². The van der Waals surface area contributed by atoms with Crippen molar-refractivity contribution in [2.24, 2.45) is 5.92 Å². The van der Waals surface area contributed by atoms with Crippen molar-refractivity contribution in [3.8, 4) is 0 Å². The van der Waals surface area contributed by atoms with Crippen LogP contribution in [0.2, 0.25) is 0 Å². The number of ether oxygens (including phenoxy) is 3. The molecule has 1 aliphatic heterocycles. The zero-order valence-corrected chi connectivity index (χ0v) is 23.5. The predicted molar refractivity (Wildman–Crippen MR) is 147 cm³/mol. The standard InChI is InChI=1S/C30H32N2O6S/c1-6-38-28(35)25-21(17-19-13-9-7-10-14-19)39-29(31-25)30(3)24(27(34)37-5)23(20-15-11-8-12-16-20)22(18(2)32-30)26(33)36-4/h7-16,23-24,32H,6,17H2,1-5H3. The Morgan fingerprint density at radius 1 is 0.974 bits per heavy atom. The van der Waals surface area contributed by atoms with Crippen molar-refractivity contribution in [2.45, 2.75) is 38.6 Å². The number of hydrogen-bond donors (Lipinski definition) is 1. The van der Waals surface area contributed by atoms with E-state index in [-0.39, 0.29) is 12.3 Å². The molecule has 39 heavy (non-hydrogen) atoms. The first-order chi connectivity index (χ1) is 18.7. The van der Waals surface area contributed by atoms with E-state index in [2.05, 4.69) is 5.32 Å². The first-order valence-electron chi connectivity index (χ1n) is 12.7. The maximum Gasteiger partial charge on any atom is 0.358 e. The molecule has 0 bridgehead atoms. The van der Waals surface area contributed by atoms with Crippen LogP contribution in [0, 0.1) is 5.92 Å². The van der Waals surface area contributed by atoms with Gasteiger partial charge in [0.25, 0.3) is 0 Å². The van der Waals surface area contributed by atoms with E-state index in [1.54, 1.807) is 13.8 Å². The van der Waals surface area contributed by atoms with Gasteiger partial charge < -0.3 is 19.5 Å². The summed E-state index contributed by atoms with van der Waals surface area (Å²) in [4.78, 5) is 45.1. The monoisotopic (exact) mass is 548 g/mol. The molecule has 204 valence electrons. The minimum Gasteiger partial charge on any atom is -0.469 e. The molecule has 0 aliphatic carbocycles. The summed E-state index contributed by atoms with van der Waals surface area (Å²) in [5, 5.41) is 3.90. The largest absolute Gasteiger partial charge is 0.469 e. The highest BCUT2D eigenvalue weighted by molar-refractivity contribution is 7.12. The van der Waals surface area contributed by atoms with Gasteiger partial charge in [-0.05, 0) is 31.9 Å². The van der Waals surface area contributed by atoms with E-state index in [4.69, 9.17) is 19.2 Å². The van der Waals surface area contributed by atoms with Gasteiger partial charge in [0.15, 0.2) is 5.69 Å². The van der Waals surface area contributed by atoms with Gasteiger partial charge in [-0.2, -0.15) is 0 Å². The average Bonchev–Trinajstić information content (AvgIpc) is 3.37. The molecule has 1 aliphatic rings. The number of esters is 3. The smallest absolute Gasteiger partial charge is 0.358 e. The molecule has 4 rings (SSSR count). The molecule has 2 aromatic carbocycles. The molecule has 2 heterocycles. The number of hydrogen-bond acceptors (Lipinski definition) is 9. The highest BCUT2D eigenvalue weighted by atomic mass is 32.1.